The molecule has 0 aromatic heterocycles. The number of sulfonamides is 1. The number of likely N-dealkylation sites (N-methyl/N-ethyl adjacent to an activating group) is 1. The van der Waals surface area contributed by atoms with Crippen LogP contribution in [0.5, 0.6) is 0 Å². The maximum absolute atomic E-state index is 12.0. The van der Waals surface area contributed by atoms with Crippen molar-refractivity contribution in [1.29, 1.82) is 0 Å². The van der Waals surface area contributed by atoms with Gasteiger partial charge in [0.2, 0.25) is 15.9 Å². The van der Waals surface area contributed by atoms with Gasteiger partial charge in [0, 0.05) is 24.8 Å². The Hall–Kier alpha value is -1.31. The highest BCUT2D eigenvalue weighted by atomic mass is 35.5. The summed E-state index contributed by atoms with van der Waals surface area (Å²) in [5, 5.41) is 0.263. The fourth-order valence-electron chi connectivity index (χ4n) is 1.23. The topological polar surface area (TPSA) is 92.5 Å². The van der Waals surface area contributed by atoms with Crippen LogP contribution in [0.15, 0.2) is 17.0 Å². The van der Waals surface area contributed by atoms with E-state index in [1.807, 2.05) is 0 Å². The maximum atomic E-state index is 12.0. The van der Waals surface area contributed by atoms with Crippen LogP contribution in [0.4, 0.5) is 5.69 Å². The van der Waals surface area contributed by atoms with Crippen LogP contribution in [0, 0.1) is 6.92 Å². The lowest BCUT2D eigenvalue weighted by Crippen LogP contribution is -2.36. The van der Waals surface area contributed by atoms with E-state index in [0.717, 1.165) is 0 Å². The van der Waals surface area contributed by atoms with Crippen LogP contribution in [0.2, 0.25) is 5.02 Å². The zero-order valence-electron chi connectivity index (χ0n) is 10.9. The third-order valence-corrected chi connectivity index (χ3v) is 4.35. The number of carbonyl (C=O) groups excluding carboxylic acids is 1. The highest BCUT2D eigenvalue weighted by Crippen LogP contribution is 2.25. The molecule has 3 N–H and O–H groups in total. The number of nitrogens with two attached hydrogens (primary N) is 1. The van der Waals surface area contributed by atoms with Gasteiger partial charge in [-0.05, 0) is 24.6 Å². The second-order valence-corrected chi connectivity index (χ2v) is 6.41. The summed E-state index contributed by atoms with van der Waals surface area (Å²) in [7, 11) is -0.734. The SMILES string of the molecule is Cc1c(N)cc(S(=O)(=O)NCC(=O)N(C)C)cc1Cl. The Balaban J connectivity index is 2.99. The minimum atomic E-state index is -3.81. The first-order chi connectivity index (χ1) is 8.65. The van der Waals surface area contributed by atoms with Crippen molar-refractivity contribution in [2.24, 2.45) is 0 Å². The molecule has 1 rings (SSSR count). The number of halogens is 1. The summed E-state index contributed by atoms with van der Waals surface area (Å²) in [6, 6.07) is 2.61. The Bertz CT molecular complexity index is 576. The average Bonchev–Trinajstić information content (AvgIpc) is 2.32. The van der Waals surface area contributed by atoms with Crippen LogP contribution < -0.4 is 10.5 Å². The first-order valence-electron chi connectivity index (χ1n) is 5.40. The molecule has 8 heteroatoms. The van der Waals surface area contributed by atoms with Crippen molar-refractivity contribution < 1.29 is 13.2 Å². The van der Waals surface area contributed by atoms with Gasteiger partial charge >= 0.3 is 0 Å². The molecule has 106 valence electrons. The lowest BCUT2D eigenvalue weighted by atomic mass is 10.2. The van der Waals surface area contributed by atoms with Crippen LogP contribution in [0.1, 0.15) is 5.56 Å². The van der Waals surface area contributed by atoms with Crippen LogP contribution in [0.25, 0.3) is 0 Å². The number of nitrogens with zero attached hydrogens (tertiary/aromatic N) is 1. The number of amides is 1. The summed E-state index contributed by atoms with van der Waals surface area (Å²) in [6.45, 7) is 1.37. The molecule has 0 fully saturated rings. The van der Waals surface area contributed by atoms with Crippen molar-refractivity contribution in [1.82, 2.24) is 9.62 Å². The van der Waals surface area contributed by atoms with E-state index < -0.39 is 10.0 Å². The number of nitrogen functional groups attached to an aromatic ring is 1. The first-order valence-corrected chi connectivity index (χ1v) is 7.26. The molecule has 0 bridgehead atoms. The molecule has 0 saturated carbocycles. The molecule has 1 aromatic rings. The van der Waals surface area contributed by atoms with Gasteiger partial charge in [-0.2, -0.15) is 0 Å². The first kappa shape index (κ1) is 15.7. The molecule has 0 unspecified atom stereocenters. The maximum Gasteiger partial charge on any atom is 0.241 e. The number of carbonyl (C=O) groups is 1. The van der Waals surface area contributed by atoms with Gasteiger partial charge < -0.3 is 10.6 Å². The fraction of sp³-hybridized carbons (Fsp3) is 0.364. The van der Waals surface area contributed by atoms with Crippen molar-refractivity contribution in [3.8, 4) is 0 Å². The van der Waals surface area contributed by atoms with E-state index in [1.165, 1.54) is 31.1 Å². The number of hydrogen-bond donors (Lipinski definition) is 2. The van der Waals surface area contributed by atoms with Crippen LogP contribution in [0.3, 0.4) is 0 Å². The molecule has 0 atom stereocenters. The lowest BCUT2D eigenvalue weighted by molar-refractivity contribution is -0.127. The normalized spacial score (nSPS) is 11.4. The zero-order chi connectivity index (χ0) is 14.8. The zero-order valence-corrected chi connectivity index (χ0v) is 12.5. The van der Waals surface area contributed by atoms with Crippen molar-refractivity contribution in [3.63, 3.8) is 0 Å². The fourth-order valence-corrected chi connectivity index (χ4v) is 2.55. The van der Waals surface area contributed by atoms with Gasteiger partial charge in [-0.25, -0.2) is 13.1 Å². The van der Waals surface area contributed by atoms with E-state index in [4.69, 9.17) is 17.3 Å². The van der Waals surface area contributed by atoms with Gasteiger partial charge in [0.1, 0.15) is 0 Å². The highest BCUT2D eigenvalue weighted by Gasteiger charge is 2.18. The smallest absolute Gasteiger partial charge is 0.241 e. The minimum Gasteiger partial charge on any atom is -0.398 e. The van der Waals surface area contributed by atoms with E-state index in [-0.39, 0.29) is 28.1 Å². The Morgan fingerprint density at radius 1 is 1.42 bits per heavy atom. The Morgan fingerprint density at radius 3 is 2.47 bits per heavy atom. The molecule has 0 radical (unpaired) electrons. The van der Waals surface area contributed by atoms with Crippen molar-refractivity contribution in [2.75, 3.05) is 26.4 Å². The molecule has 1 aromatic carbocycles. The summed E-state index contributed by atoms with van der Waals surface area (Å²) in [4.78, 5) is 12.6. The number of rotatable bonds is 4. The molecule has 19 heavy (non-hydrogen) atoms. The standard InChI is InChI=1S/C11H16ClN3O3S/c1-7-9(12)4-8(5-10(7)13)19(17,18)14-6-11(16)15(2)3/h4-5,14H,6,13H2,1-3H3. The molecule has 0 spiro atoms. The Morgan fingerprint density at radius 2 is 2.00 bits per heavy atom. The predicted molar refractivity (Wildman–Crippen MR) is 74.5 cm³/mol. The molecule has 1 amide bonds. The number of anilines is 1. The quantitative estimate of drug-likeness (QED) is 0.797. The van der Waals surface area contributed by atoms with E-state index in [1.54, 1.807) is 6.92 Å². The molecule has 0 aliphatic rings. The molecule has 0 heterocycles. The monoisotopic (exact) mass is 305 g/mol. The van der Waals surface area contributed by atoms with Gasteiger partial charge in [0.15, 0.2) is 0 Å². The van der Waals surface area contributed by atoms with E-state index in [0.29, 0.717) is 5.56 Å². The molecule has 6 nitrogen and oxygen atoms in total. The van der Waals surface area contributed by atoms with Gasteiger partial charge in [0.05, 0.1) is 11.4 Å². The largest absolute Gasteiger partial charge is 0.398 e. The highest BCUT2D eigenvalue weighted by molar-refractivity contribution is 7.89. The number of benzene rings is 1. The van der Waals surface area contributed by atoms with E-state index >= 15 is 0 Å². The lowest BCUT2D eigenvalue weighted by Gasteiger charge is -2.12. The van der Waals surface area contributed by atoms with Gasteiger partial charge in [0.25, 0.3) is 0 Å². The summed E-state index contributed by atoms with van der Waals surface area (Å²) in [5.74, 6) is -0.352. The predicted octanol–water partition coefficient (Wildman–Crippen LogP) is 0.597. The average molecular weight is 306 g/mol. The van der Waals surface area contributed by atoms with E-state index in [9.17, 15) is 13.2 Å². The van der Waals surface area contributed by atoms with Crippen LogP contribution in [-0.4, -0.2) is 39.9 Å². The summed E-state index contributed by atoms with van der Waals surface area (Å²) in [6.07, 6.45) is 0. The summed E-state index contributed by atoms with van der Waals surface area (Å²) in [5.41, 5.74) is 6.57. The number of nitrogens with one attached hydrogen (secondary N) is 1. The summed E-state index contributed by atoms with van der Waals surface area (Å²) < 4.78 is 26.2. The second-order valence-electron chi connectivity index (χ2n) is 4.23. The van der Waals surface area contributed by atoms with Crippen LogP contribution in [-0.2, 0) is 14.8 Å². The van der Waals surface area contributed by atoms with Gasteiger partial charge in [-0.15, -0.1) is 0 Å². The van der Waals surface area contributed by atoms with Gasteiger partial charge in [-0.3, -0.25) is 4.79 Å². The molecule has 0 aliphatic carbocycles. The molecular weight excluding hydrogens is 290 g/mol. The van der Waals surface area contributed by atoms with Crippen molar-refractivity contribution in [2.45, 2.75) is 11.8 Å². The Labute approximate surface area is 117 Å². The van der Waals surface area contributed by atoms with Crippen LogP contribution >= 0.6 is 11.6 Å². The third-order valence-electron chi connectivity index (χ3n) is 2.58. The molecule has 0 aliphatic heterocycles. The summed E-state index contributed by atoms with van der Waals surface area (Å²) >= 11 is 5.89. The molecule has 0 saturated heterocycles. The van der Waals surface area contributed by atoms with Crippen molar-refractivity contribution >= 4 is 33.2 Å². The minimum absolute atomic E-state index is 0.0628. The second kappa shape index (κ2) is 5.77. The number of hydrogen-bond acceptors (Lipinski definition) is 4. The Kier molecular flexibility index (Phi) is 4.78. The van der Waals surface area contributed by atoms with E-state index in [2.05, 4.69) is 4.72 Å². The third kappa shape index (κ3) is 3.82. The van der Waals surface area contributed by atoms with Crippen molar-refractivity contribution in [3.05, 3.63) is 22.7 Å². The van der Waals surface area contributed by atoms with Gasteiger partial charge in [-0.1, -0.05) is 11.6 Å². The molecular formula is C11H16ClN3O3S.